The van der Waals surface area contributed by atoms with Crippen LogP contribution in [0.15, 0.2) is 23.1 Å². The lowest BCUT2D eigenvalue weighted by atomic mass is 9.86. The summed E-state index contributed by atoms with van der Waals surface area (Å²) in [6.07, 6.45) is 2.42. The summed E-state index contributed by atoms with van der Waals surface area (Å²) in [6.45, 7) is 3.41. The Morgan fingerprint density at radius 3 is 2.62 bits per heavy atom. The maximum Gasteiger partial charge on any atom is 0.309 e. The van der Waals surface area contributed by atoms with E-state index in [1.165, 1.54) is 0 Å². The molecule has 16 heavy (non-hydrogen) atoms. The van der Waals surface area contributed by atoms with E-state index in [1.807, 2.05) is 24.5 Å². The predicted molar refractivity (Wildman–Crippen MR) is 68.4 cm³/mol. The number of thioether (sulfide) groups is 1. The van der Waals surface area contributed by atoms with E-state index in [2.05, 4.69) is 0 Å². The molecule has 88 valence electrons. The average molecular weight is 259 g/mol. The van der Waals surface area contributed by atoms with E-state index >= 15 is 0 Å². The molecule has 0 heterocycles. The van der Waals surface area contributed by atoms with Crippen molar-refractivity contribution in [3.8, 4) is 0 Å². The number of rotatable bonds is 4. The first-order chi connectivity index (χ1) is 7.36. The van der Waals surface area contributed by atoms with Crippen LogP contribution >= 0.6 is 23.4 Å². The van der Waals surface area contributed by atoms with Crippen molar-refractivity contribution in [1.29, 1.82) is 0 Å². The highest BCUT2D eigenvalue weighted by atomic mass is 35.5. The fourth-order valence-corrected chi connectivity index (χ4v) is 2.01. The topological polar surface area (TPSA) is 37.3 Å². The minimum atomic E-state index is -0.807. The van der Waals surface area contributed by atoms with Crippen LogP contribution in [0, 0.1) is 5.41 Å². The third-order valence-electron chi connectivity index (χ3n) is 2.46. The highest BCUT2D eigenvalue weighted by molar-refractivity contribution is 7.98. The first kappa shape index (κ1) is 13.4. The van der Waals surface area contributed by atoms with Gasteiger partial charge in [-0.1, -0.05) is 11.6 Å². The number of carboxylic acids is 1. The van der Waals surface area contributed by atoms with E-state index in [9.17, 15) is 4.79 Å². The lowest BCUT2D eigenvalue weighted by Crippen LogP contribution is -2.26. The second-order valence-electron chi connectivity index (χ2n) is 4.32. The Balaban J connectivity index is 3.00. The quantitative estimate of drug-likeness (QED) is 0.837. The van der Waals surface area contributed by atoms with E-state index < -0.39 is 11.4 Å². The fourth-order valence-electron chi connectivity index (χ4n) is 1.37. The van der Waals surface area contributed by atoms with E-state index in [0.29, 0.717) is 11.4 Å². The van der Waals surface area contributed by atoms with Gasteiger partial charge >= 0.3 is 5.97 Å². The fraction of sp³-hybridized carbons (Fsp3) is 0.417. The molecule has 0 radical (unpaired) electrons. The van der Waals surface area contributed by atoms with Crippen LogP contribution in [0.4, 0.5) is 0 Å². The molecule has 0 fully saturated rings. The predicted octanol–water partition coefficient (Wildman–Crippen LogP) is 3.72. The SMILES string of the molecule is CSc1ccc(Cl)c(CC(C)(C)C(=O)O)c1. The van der Waals surface area contributed by atoms with E-state index in [-0.39, 0.29) is 0 Å². The molecular weight excluding hydrogens is 244 g/mol. The zero-order valence-electron chi connectivity index (χ0n) is 9.58. The Kier molecular flexibility index (Phi) is 4.28. The van der Waals surface area contributed by atoms with Gasteiger partial charge in [0.1, 0.15) is 0 Å². The molecule has 0 aliphatic carbocycles. The van der Waals surface area contributed by atoms with Crippen molar-refractivity contribution in [3.05, 3.63) is 28.8 Å². The zero-order valence-corrected chi connectivity index (χ0v) is 11.2. The molecule has 0 unspecified atom stereocenters. The van der Waals surface area contributed by atoms with Crippen LogP contribution in [0.1, 0.15) is 19.4 Å². The monoisotopic (exact) mass is 258 g/mol. The maximum atomic E-state index is 11.0. The summed E-state index contributed by atoms with van der Waals surface area (Å²) in [7, 11) is 0. The molecule has 2 nitrogen and oxygen atoms in total. The summed E-state index contributed by atoms with van der Waals surface area (Å²) < 4.78 is 0. The number of benzene rings is 1. The van der Waals surface area contributed by atoms with E-state index in [1.54, 1.807) is 25.6 Å². The van der Waals surface area contributed by atoms with Gasteiger partial charge in [-0.05, 0) is 50.3 Å². The number of carbonyl (C=O) groups is 1. The zero-order chi connectivity index (χ0) is 12.3. The van der Waals surface area contributed by atoms with Gasteiger partial charge in [-0.3, -0.25) is 4.79 Å². The standard InChI is InChI=1S/C12H15ClO2S/c1-12(2,11(14)15)7-8-6-9(16-3)4-5-10(8)13/h4-6H,7H2,1-3H3,(H,14,15). The molecule has 1 aromatic carbocycles. The molecule has 0 aliphatic rings. The number of aliphatic carboxylic acids is 1. The van der Waals surface area contributed by atoms with Crippen LogP contribution in [0.2, 0.25) is 5.02 Å². The number of hydrogen-bond acceptors (Lipinski definition) is 2. The Bertz CT molecular complexity index is 402. The normalized spacial score (nSPS) is 11.5. The molecule has 0 atom stereocenters. The van der Waals surface area contributed by atoms with Crippen LogP contribution in [-0.2, 0) is 11.2 Å². The van der Waals surface area contributed by atoms with Crippen molar-refractivity contribution in [3.63, 3.8) is 0 Å². The van der Waals surface area contributed by atoms with Crippen LogP contribution in [0.5, 0.6) is 0 Å². The van der Waals surface area contributed by atoms with Gasteiger partial charge in [0.25, 0.3) is 0 Å². The Morgan fingerprint density at radius 2 is 2.12 bits per heavy atom. The lowest BCUT2D eigenvalue weighted by Gasteiger charge is -2.20. The summed E-state index contributed by atoms with van der Waals surface area (Å²) >= 11 is 7.68. The van der Waals surface area contributed by atoms with Crippen LogP contribution < -0.4 is 0 Å². The molecule has 0 saturated carbocycles. The number of halogens is 1. The van der Waals surface area contributed by atoms with Crippen molar-refractivity contribution in [2.45, 2.75) is 25.2 Å². The molecule has 0 aromatic heterocycles. The Morgan fingerprint density at radius 1 is 1.50 bits per heavy atom. The van der Waals surface area contributed by atoms with Gasteiger partial charge in [-0.15, -0.1) is 11.8 Å². The number of hydrogen-bond donors (Lipinski definition) is 1. The first-order valence-corrected chi connectivity index (χ1v) is 6.53. The van der Waals surface area contributed by atoms with Gasteiger partial charge in [0, 0.05) is 9.92 Å². The molecule has 0 amide bonds. The second-order valence-corrected chi connectivity index (χ2v) is 5.61. The third-order valence-corrected chi connectivity index (χ3v) is 3.56. The first-order valence-electron chi connectivity index (χ1n) is 4.92. The molecule has 0 aliphatic heterocycles. The third kappa shape index (κ3) is 3.16. The minimum Gasteiger partial charge on any atom is -0.481 e. The summed E-state index contributed by atoms with van der Waals surface area (Å²) in [5.74, 6) is -0.807. The Labute approximate surface area is 105 Å². The van der Waals surface area contributed by atoms with E-state index in [0.717, 1.165) is 10.5 Å². The molecule has 1 aromatic rings. The van der Waals surface area contributed by atoms with Crippen molar-refractivity contribution in [2.24, 2.45) is 5.41 Å². The van der Waals surface area contributed by atoms with Gasteiger partial charge in [-0.25, -0.2) is 0 Å². The van der Waals surface area contributed by atoms with Crippen molar-refractivity contribution >= 4 is 29.3 Å². The Hall–Kier alpha value is -0.670. The molecule has 0 saturated heterocycles. The van der Waals surface area contributed by atoms with Crippen LogP contribution in [-0.4, -0.2) is 17.3 Å². The molecule has 0 spiro atoms. The van der Waals surface area contributed by atoms with Crippen LogP contribution in [0.25, 0.3) is 0 Å². The summed E-state index contributed by atoms with van der Waals surface area (Å²) in [5, 5.41) is 9.70. The largest absolute Gasteiger partial charge is 0.481 e. The highest BCUT2D eigenvalue weighted by Gasteiger charge is 2.28. The summed E-state index contributed by atoms with van der Waals surface area (Å²) in [6, 6.07) is 5.71. The van der Waals surface area contributed by atoms with Gasteiger partial charge in [0.05, 0.1) is 5.41 Å². The van der Waals surface area contributed by atoms with Crippen molar-refractivity contribution in [1.82, 2.24) is 0 Å². The highest BCUT2D eigenvalue weighted by Crippen LogP contribution is 2.29. The molecule has 1 N–H and O–H groups in total. The molecule has 1 rings (SSSR count). The summed E-state index contributed by atoms with van der Waals surface area (Å²) in [5.41, 5.74) is 0.0987. The average Bonchev–Trinajstić information content (AvgIpc) is 2.21. The van der Waals surface area contributed by atoms with E-state index in [4.69, 9.17) is 16.7 Å². The smallest absolute Gasteiger partial charge is 0.309 e. The van der Waals surface area contributed by atoms with Gasteiger partial charge in [0.2, 0.25) is 0 Å². The molecule has 0 bridgehead atoms. The van der Waals surface area contributed by atoms with Crippen LogP contribution in [0.3, 0.4) is 0 Å². The second kappa shape index (κ2) is 5.11. The van der Waals surface area contributed by atoms with Crippen molar-refractivity contribution < 1.29 is 9.90 Å². The van der Waals surface area contributed by atoms with Gasteiger partial charge in [0.15, 0.2) is 0 Å². The number of carboxylic acid groups (broad SMARTS) is 1. The maximum absolute atomic E-state index is 11.0. The van der Waals surface area contributed by atoms with Crippen molar-refractivity contribution in [2.75, 3.05) is 6.26 Å². The summed E-state index contributed by atoms with van der Waals surface area (Å²) in [4.78, 5) is 12.1. The molecular formula is C12H15ClO2S. The van der Waals surface area contributed by atoms with Gasteiger partial charge in [-0.2, -0.15) is 0 Å². The minimum absolute atomic E-state index is 0.440. The van der Waals surface area contributed by atoms with Gasteiger partial charge < -0.3 is 5.11 Å². The molecule has 4 heteroatoms. The lowest BCUT2D eigenvalue weighted by molar-refractivity contribution is -0.146.